The lowest BCUT2D eigenvalue weighted by Crippen LogP contribution is -2.44. The summed E-state index contributed by atoms with van der Waals surface area (Å²) in [5.74, 6) is 0.536. The van der Waals surface area contributed by atoms with E-state index in [1.807, 2.05) is 6.20 Å². The molecule has 4 atom stereocenters. The summed E-state index contributed by atoms with van der Waals surface area (Å²) in [4.78, 5) is 7.14. The Bertz CT molecular complexity index is 417. The molecule has 0 aromatic carbocycles. The SMILES string of the molecule is CCC(C)c1ccc(N2[C@@H]3CC[C@H]2C[C@H](O)C3)cn1. The molecule has 1 aromatic rings. The van der Waals surface area contributed by atoms with Crippen LogP contribution in [0.25, 0.3) is 0 Å². The lowest BCUT2D eigenvalue weighted by atomic mass is 9.99. The normalized spacial score (nSPS) is 31.5. The Labute approximate surface area is 115 Å². The molecule has 2 aliphatic rings. The number of aliphatic hydroxyl groups is 1. The molecule has 1 N–H and O–H groups in total. The Morgan fingerprint density at radius 2 is 2.00 bits per heavy atom. The Morgan fingerprint density at radius 3 is 2.53 bits per heavy atom. The number of aromatic nitrogens is 1. The molecule has 2 aliphatic heterocycles. The van der Waals surface area contributed by atoms with Gasteiger partial charge in [-0.2, -0.15) is 0 Å². The molecule has 1 unspecified atom stereocenters. The first-order valence-corrected chi connectivity index (χ1v) is 7.61. The van der Waals surface area contributed by atoms with Gasteiger partial charge in [0.05, 0.1) is 18.0 Å². The monoisotopic (exact) mass is 260 g/mol. The van der Waals surface area contributed by atoms with Gasteiger partial charge in [-0.15, -0.1) is 0 Å². The van der Waals surface area contributed by atoms with Gasteiger partial charge < -0.3 is 10.0 Å². The highest BCUT2D eigenvalue weighted by Crippen LogP contribution is 2.39. The fourth-order valence-electron chi connectivity index (χ4n) is 3.62. The van der Waals surface area contributed by atoms with E-state index in [2.05, 4.69) is 35.9 Å². The number of hydrogen-bond acceptors (Lipinski definition) is 3. The molecule has 104 valence electrons. The van der Waals surface area contributed by atoms with Gasteiger partial charge in [0, 0.05) is 17.8 Å². The van der Waals surface area contributed by atoms with Gasteiger partial charge in [0.2, 0.25) is 0 Å². The lowest BCUT2D eigenvalue weighted by molar-refractivity contribution is 0.126. The zero-order valence-electron chi connectivity index (χ0n) is 11.9. The second-order valence-electron chi connectivity index (χ2n) is 6.17. The van der Waals surface area contributed by atoms with Gasteiger partial charge in [0.1, 0.15) is 0 Å². The van der Waals surface area contributed by atoms with Crippen LogP contribution < -0.4 is 4.90 Å². The molecule has 3 nitrogen and oxygen atoms in total. The number of piperidine rings is 1. The third kappa shape index (κ3) is 2.36. The van der Waals surface area contributed by atoms with E-state index in [1.165, 1.54) is 24.2 Å². The summed E-state index contributed by atoms with van der Waals surface area (Å²) < 4.78 is 0. The minimum Gasteiger partial charge on any atom is -0.393 e. The second kappa shape index (κ2) is 5.12. The maximum absolute atomic E-state index is 9.86. The van der Waals surface area contributed by atoms with E-state index in [-0.39, 0.29) is 6.10 Å². The van der Waals surface area contributed by atoms with Crippen LogP contribution in [-0.4, -0.2) is 28.3 Å². The molecule has 0 amide bonds. The molecule has 2 bridgehead atoms. The second-order valence-corrected chi connectivity index (χ2v) is 6.17. The number of nitrogens with zero attached hydrogens (tertiary/aromatic N) is 2. The van der Waals surface area contributed by atoms with Crippen LogP contribution >= 0.6 is 0 Å². The van der Waals surface area contributed by atoms with Crippen molar-refractivity contribution in [3.8, 4) is 0 Å². The summed E-state index contributed by atoms with van der Waals surface area (Å²) in [6.45, 7) is 4.43. The first kappa shape index (κ1) is 12.9. The molecule has 2 saturated heterocycles. The van der Waals surface area contributed by atoms with Crippen molar-refractivity contribution < 1.29 is 5.11 Å². The number of fused-ring (bicyclic) bond motifs is 2. The van der Waals surface area contributed by atoms with Gasteiger partial charge in [0.15, 0.2) is 0 Å². The van der Waals surface area contributed by atoms with Crippen LogP contribution in [0.1, 0.15) is 57.6 Å². The molecule has 0 saturated carbocycles. The van der Waals surface area contributed by atoms with Crippen molar-refractivity contribution in [3.05, 3.63) is 24.0 Å². The highest BCUT2D eigenvalue weighted by atomic mass is 16.3. The van der Waals surface area contributed by atoms with Crippen molar-refractivity contribution in [2.75, 3.05) is 4.90 Å². The quantitative estimate of drug-likeness (QED) is 0.907. The Hall–Kier alpha value is -1.09. The molecule has 1 aromatic heterocycles. The fraction of sp³-hybridized carbons (Fsp3) is 0.688. The average molecular weight is 260 g/mol. The van der Waals surface area contributed by atoms with Gasteiger partial charge in [-0.1, -0.05) is 13.8 Å². The average Bonchev–Trinajstić information content (AvgIpc) is 2.70. The van der Waals surface area contributed by atoms with E-state index in [0.29, 0.717) is 18.0 Å². The molecule has 0 aliphatic carbocycles. The minimum absolute atomic E-state index is 0.0962. The molecule has 0 spiro atoms. The molecule has 3 heteroatoms. The number of pyridine rings is 1. The molecule has 3 heterocycles. The van der Waals surface area contributed by atoms with Crippen molar-refractivity contribution >= 4 is 5.69 Å². The summed E-state index contributed by atoms with van der Waals surface area (Å²) >= 11 is 0. The topological polar surface area (TPSA) is 36.4 Å². The Morgan fingerprint density at radius 1 is 1.32 bits per heavy atom. The largest absolute Gasteiger partial charge is 0.393 e. The fourth-order valence-corrected chi connectivity index (χ4v) is 3.62. The van der Waals surface area contributed by atoms with Crippen molar-refractivity contribution in [2.45, 2.75) is 70.1 Å². The molecule has 3 rings (SSSR count). The van der Waals surface area contributed by atoms with Crippen LogP contribution in [-0.2, 0) is 0 Å². The Balaban J connectivity index is 1.80. The number of hydrogen-bond donors (Lipinski definition) is 1. The van der Waals surface area contributed by atoms with Gasteiger partial charge in [-0.05, 0) is 50.2 Å². The Kier molecular flexibility index (Phi) is 3.48. The van der Waals surface area contributed by atoms with Crippen LogP contribution in [0, 0.1) is 0 Å². The van der Waals surface area contributed by atoms with Crippen molar-refractivity contribution in [1.29, 1.82) is 0 Å². The first-order chi connectivity index (χ1) is 9.19. The summed E-state index contributed by atoms with van der Waals surface area (Å²) in [6, 6.07) is 5.43. The summed E-state index contributed by atoms with van der Waals surface area (Å²) in [5.41, 5.74) is 2.43. The zero-order valence-corrected chi connectivity index (χ0v) is 11.9. The lowest BCUT2D eigenvalue weighted by Gasteiger charge is -2.38. The number of aliphatic hydroxyl groups excluding tert-OH is 1. The highest BCUT2D eigenvalue weighted by Gasteiger charge is 2.40. The molecular formula is C16H24N2O. The maximum Gasteiger partial charge on any atom is 0.0579 e. The zero-order chi connectivity index (χ0) is 13.4. The van der Waals surface area contributed by atoms with E-state index >= 15 is 0 Å². The highest BCUT2D eigenvalue weighted by molar-refractivity contribution is 5.49. The van der Waals surface area contributed by atoms with E-state index in [9.17, 15) is 5.11 Å². The predicted molar refractivity (Wildman–Crippen MR) is 77.5 cm³/mol. The van der Waals surface area contributed by atoms with Crippen LogP contribution in [0.4, 0.5) is 5.69 Å². The molecule has 0 radical (unpaired) electrons. The summed E-state index contributed by atoms with van der Waals surface area (Å²) in [5, 5.41) is 9.86. The molecular weight excluding hydrogens is 236 g/mol. The smallest absolute Gasteiger partial charge is 0.0579 e. The van der Waals surface area contributed by atoms with Crippen LogP contribution in [0.3, 0.4) is 0 Å². The van der Waals surface area contributed by atoms with Crippen LogP contribution in [0.5, 0.6) is 0 Å². The van der Waals surface area contributed by atoms with E-state index in [0.717, 1.165) is 19.3 Å². The van der Waals surface area contributed by atoms with E-state index in [4.69, 9.17) is 0 Å². The van der Waals surface area contributed by atoms with Crippen LogP contribution in [0.15, 0.2) is 18.3 Å². The van der Waals surface area contributed by atoms with Gasteiger partial charge in [0.25, 0.3) is 0 Å². The third-order valence-electron chi connectivity index (χ3n) is 4.89. The predicted octanol–water partition coefficient (Wildman–Crippen LogP) is 3.09. The van der Waals surface area contributed by atoms with Crippen molar-refractivity contribution in [3.63, 3.8) is 0 Å². The van der Waals surface area contributed by atoms with Crippen molar-refractivity contribution in [1.82, 2.24) is 4.98 Å². The number of rotatable bonds is 3. The first-order valence-electron chi connectivity index (χ1n) is 7.61. The van der Waals surface area contributed by atoms with Gasteiger partial charge >= 0.3 is 0 Å². The van der Waals surface area contributed by atoms with Crippen LogP contribution in [0.2, 0.25) is 0 Å². The van der Waals surface area contributed by atoms with Gasteiger partial charge in [-0.3, -0.25) is 4.98 Å². The summed E-state index contributed by atoms with van der Waals surface area (Å²) in [7, 11) is 0. The molecule has 2 fully saturated rings. The maximum atomic E-state index is 9.86. The molecule has 19 heavy (non-hydrogen) atoms. The van der Waals surface area contributed by atoms with Gasteiger partial charge in [-0.25, -0.2) is 0 Å². The third-order valence-corrected chi connectivity index (χ3v) is 4.89. The van der Waals surface area contributed by atoms with E-state index in [1.54, 1.807) is 0 Å². The number of anilines is 1. The van der Waals surface area contributed by atoms with E-state index < -0.39 is 0 Å². The summed E-state index contributed by atoms with van der Waals surface area (Å²) in [6.07, 6.45) is 7.34. The van der Waals surface area contributed by atoms with Crippen molar-refractivity contribution in [2.24, 2.45) is 0 Å². The minimum atomic E-state index is -0.0962. The standard InChI is InChI=1S/C16H24N2O/c1-3-11(2)16-7-6-14(10-17-16)18-12-4-5-13(18)9-15(19)8-12/h6-7,10-13,15,19H,3-5,8-9H2,1-2H3/t11?,12-,13+,15-.